The first-order valence-corrected chi connectivity index (χ1v) is 9.72. The molecule has 0 aromatic carbocycles. The molecule has 1 unspecified atom stereocenters. The molecule has 0 bridgehead atoms. The Labute approximate surface area is 145 Å². The zero-order valence-electron chi connectivity index (χ0n) is 13.8. The standard InChI is InChI=1S/C17H22N4O2S/c1-11-2-3-14-15(18-11)20-17(23-14)21-7-4-12(5-8-21)16(22)19-13-6-9-24-10-13/h2-3,12-13H,4-10H2,1H3,(H,19,22). The van der Waals surface area contributed by atoms with Crippen molar-refractivity contribution >= 4 is 34.9 Å². The molecule has 1 amide bonds. The number of piperidine rings is 1. The van der Waals surface area contributed by atoms with E-state index in [0.29, 0.717) is 23.3 Å². The Morgan fingerprint density at radius 3 is 2.88 bits per heavy atom. The number of carbonyl (C=O) groups is 1. The van der Waals surface area contributed by atoms with E-state index in [0.717, 1.165) is 49.6 Å². The Kier molecular flexibility index (Phi) is 4.35. The highest BCUT2D eigenvalue weighted by molar-refractivity contribution is 7.99. The summed E-state index contributed by atoms with van der Waals surface area (Å²) in [4.78, 5) is 23.4. The number of anilines is 1. The zero-order chi connectivity index (χ0) is 16.5. The highest BCUT2D eigenvalue weighted by Gasteiger charge is 2.29. The van der Waals surface area contributed by atoms with E-state index in [2.05, 4.69) is 20.2 Å². The summed E-state index contributed by atoms with van der Waals surface area (Å²) in [5, 5.41) is 3.20. The van der Waals surface area contributed by atoms with E-state index in [1.54, 1.807) is 0 Å². The molecule has 2 aromatic heterocycles. The van der Waals surface area contributed by atoms with Crippen LogP contribution in [0, 0.1) is 12.8 Å². The van der Waals surface area contributed by atoms with Crippen LogP contribution >= 0.6 is 11.8 Å². The SMILES string of the molecule is Cc1ccc2oc(N3CCC(C(=O)NC4CCSC4)CC3)nc2n1. The Morgan fingerprint density at radius 2 is 2.12 bits per heavy atom. The number of nitrogens with zero attached hydrogens (tertiary/aromatic N) is 3. The van der Waals surface area contributed by atoms with Crippen molar-refractivity contribution in [2.75, 3.05) is 29.5 Å². The maximum absolute atomic E-state index is 12.4. The van der Waals surface area contributed by atoms with Gasteiger partial charge in [0.25, 0.3) is 6.01 Å². The molecule has 0 aliphatic carbocycles. The van der Waals surface area contributed by atoms with Crippen molar-refractivity contribution in [3.05, 3.63) is 17.8 Å². The minimum atomic E-state index is 0.108. The molecule has 0 radical (unpaired) electrons. The molecule has 4 rings (SSSR count). The van der Waals surface area contributed by atoms with Crippen LogP contribution < -0.4 is 10.2 Å². The van der Waals surface area contributed by atoms with Crippen LogP contribution in [0.5, 0.6) is 0 Å². The summed E-state index contributed by atoms with van der Waals surface area (Å²) >= 11 is 1.92. The van der Waals surface area contributed by atoms with Crippen LogP contribution in [0.3, 0.4) is 0 Å². The molecule has 1 N–H and O–H groups in total. The number of fused-ring (bicyclic) bond motifs is 1. The summed E-state index contributed by atoms with van der Waals surface area (Å²) in [5.41, 5.74) is 2.31. The van der Waals surface area contributed by atoms with Crippen LogP contribution in [0.15, 0.2) is 16.5 Å². The van der Waals surface area contributed by atoms with Crippen molar-refractivity contribution in [3.8, 4) is 0 Å². The van der Waals surface area contributed by atoms with Gasteiger partial charge in [0.15, 0.2) is 5.58 Å². The third-order valence-electron chi connectivity index (χ3n) is 4.79. The summed E-state index contributed by atoms with van der Waals surface area (Å²) in [6.07, 6.45) is 2.79. The fraction of sp³-hybridized carbons (Fsp3) is 0.588. The number of pyridine rings is 1. The van der Waals surface area contributed by atoms with Crippen LogP contribution in [-0.4, -0.2) is 46.5 Å². The van der Waals surface area contributed by atoms with E-state index in [1.165, 1.54) is 0 Å². The normalized spacial score (nSPS) is 22.2. The number of oxazole rings is 1. The fourth-order valence-corrected chi connectivity index (χ4v) is 4.49. The van der Waals surface area contributed by atoms with Gasteiger partial charge in [-0.2, -0.15) is 16.7 Å². The van der Waals surface area contributed by atoms with Gasteiger partial charge in [0.2, 0.25) is 11.6 Å². The van der Waals surface area contributed by atoms with Crippen molar-refractivity contribution in [1.82, 2.24) is 15.3 Å². The summed E-state index contributed by atoms with van der Waals surface area (Å²) < 4.78 is 5.81. The van der Waals surface area contributed by atoms with Crippen molar-refractivity contribution in [1.29, 1.82) is 0 Å². The number of thioether (sulfide) groups is 1. The van der Waals surface area contributed by atoms with Crippen LogP contribution in [0.25, 0.3) is 11.2 Å². The van der Waals surface area contributed by atoms with E-state index in [4.69, 9.17) is 4.42 Å². The van der Waals surface area contributed by atoms with Gasteiger partial charge in [-0.1, -0.05) is 0 Å². The lowest BCUT2D eigenvalue weighted by molar-refractivity contribution is -0.126. The summed E-state index contributed by atoms with van der Waals surface area (Å²) in [6, 6.07) is 4.82. The minimum absolute atomic E-state index is 0.108. The van der Waals surface area contributed by atoms with Crippen molar-refractivity contribution in [2.45, 2.75) is 32.2 Å². The number of hydrogen-bond donors (Lipinski definition) is 1. The predicted octanol–water partition coefficient (Wildman–Crippen LogP) is 2.37. The molecule has 2 aromatic rings. The number of aromatic nitrogens is 2. The van der Waals surface area contributed by atoms with Crippen molar-refractivity contribution in [3.63, 3.8) is 0 Å². The molecule has 0 spiro atoms. The molecule has 2 aliphatic rings. The molecule has 6 nitrogen and oxygen atoms in total. The van der Waals surface area contributed by atoms with E-state index in [1.807, 2.05) is 30.8 Å². The lowest BCUT2D eigenvalue weighted by Crippen LogP contribution is -2.44. The Morgan fingerprint density at radius 1 is 1.29 bits per heavy atom. The topological polar surface area (TPSA) is 71.3 Å². The average Bonchev–Trinajstić information content (AvgIpc) is 3.24. The monoisotopic (exact) mass is 346 g/mol. The predicted molar refractivity (Wildman–Crippen MR) is 95.4 cm³/mol. The average molecular weight is 346 g/mol. The van der Waals surface area contributed by atoms with Crippen LogP contribution in [0.2, 0.25) is 0 Å². The number of rotatable bonds is 3. The molecule has 24 heavy (non-hydrogen) atoms. The highest BCUT2D eigenvalue weighted by Crippen LogP contribution is 2.26. The van der Waals surface area contributed by atoms with Crippen LogP contribution in [0.4, 0.5) is 6.01 Å². The number of aryl methyl sites for hydroxylation is 1. The second-order valence-electron chi connectivity index (χ2n) is 6.60. The van der Waals surface area contributed by atoms with Gasteiger partial charge in [-0.15, -0.1) is 0 Å². The number of carbonyl (C=O) groups excluding carboxylic acids is 1. The van der Waals surface area contributed by atoms with Gasteiger partial charge in [-0.25, -0.2) is 4.98 Å². The molecule has 2 saturated heterocycles. The third-order valence-corrected chi connectivity index (χ3v) is 5.96. The molecule has 0 saturated carbocycles. The van der Waals surface area contributed by atoms with Crippen molar-refractivity contribution in [2.24, 2.45) is 5.92 Å². The van der Waals surface area contributed by atoms with E-state index in [9.17, 15) is 4.79 Å². The molecule has 1 atom stereocenters. The first kappa shape index (κ1) is 15.7. The van der Waals surface area contributed by atoms with Gasteiger partial charge in [-0.05, 0) is 44.1 Å². The molecule has 4 heterocycles. The number of hydrogen-bond acceptors (Lipinski definition) is 6. The Balaban J connectivity index is 1.37. The molecule has 2 fully saturated rings. The molecule has 7 heteroatoms. The third kappa shape index (κ3) is 3.22. The number of amides is 1. The first-order valence-electron chi connectivity index (χ1n) is 8.56. The molecular formula is C17H22N4O2S. The van der Waals surface area contributed by atoms with Gasteiger partial charge in [0.05, 0.1) is 0 Å². The lowest BCUT2D eigenvalue weighted by Gasteiger charge is -2.30. The lowest BCUT2D eigenvalue weighted by atomic mass is 9.96. The van der Waals surface area contributed by atoms with Gasteiger partial charge in [0, 0.05) is 36.5 Å². The first-order chi connectivity index (χ1) is 11.7. The summed E-state index contributed by atoms with van der Waals surface area (Å²) in [6.45, 7) is 3.54. The van der Waals surface area contributed by atoms with Crippen LogP contribution in [-0.2, 0) is 4.79 Å². The molecule has 128 valence electrons. The van der Waals surface area contributed by atoms with E-state index >= 15 is 0 Å². The minimum Gasteiger partial charge on any atom is -0.422 e. The summed E-state index contributed by atoms with van der Waals surface area (Å²) in [5.74, 6) is 2.54. The number of nitrogens with one attached hydrogen (secondary N) is 1. The molecular weight excluding hydrogens is 324 g/mol. The zero-order valence-corrected chi connectivity index (χ0v) is 14.6. The highest BCUT2D eigenvalue weighted by atomic mass is 32.2. The van der Waals surface area contributed by atoms with Gasteiger partial charge in [-0.3, -0.25) is 4.79 Å². The quantitative estimate of drug-likeness (QED) is 0.920. The second kappa shape index (κ2) is 6.63. The second-order valence-corrected chi connectivity index (χ2v) is 7.75. The maximum atomic E-state index is 12.4. The van der Waals surface area contributed by atoms with Gasteiger partial charge >= 0.3 is 0 Å². The van der Waals surface area contributed by atoms with E-state index < -0.39 is 0 Å². The molecule has 2 aliphatic heterocycles. The smallest absolute Gasteiger partial charge is 0.299 e. The van der Waals surface area contributed by atoms with Gasteiger partial charge in [0.1, 0.15) is 0 Å². The van der Waals surface area contributed by atoms with Crippen molar-refractivity contribution < 1.29 is 9.21 Å². The van der Waals surface area contributed by atoms with E-state index in [-0.39, 0.29) is 11.8 Å². The van der Waals surface area contributed by atoms with Gasteiger partial charge < -0.3 is 14.6 Å². The maximum Gasteiger partial charge on any atom is 0.299 e. The Bertz CT molecular complexity index is 733. The van der Waals surface area contributed by atoms with Crippen LogP contribution in [0.1, 0.15) is 25.0 Å². The summed E-state index contributed by atoms with van der Waals surface area (Å²) in [7, 11) is 0. The fourth-order valence-electron chi connectivity index (χ4n) is 3.34. The Hall–Kier alpha value is -1.76. The largest absolute Gasteiger partial charge is 0.422 e.